The number of rotatable bonds is 3. The molecule has 3 saturated carbocycles. The van der Waals surface area contributed by atoms with Crippen molar-refractivity contribution in [2.75, 3.05) is 6.54 Å². The molecule has 3 rings (SSSR count). The zero-order valence-electron chi connectivity index (χ0n) is 8.78. The molecule has 78 valence electrons. The topological polar surface area (TPSA) is 38.4 Å². The normalized spacial score (nSPS) is 42.0. The Hall–Kier alpha value is -0.530. The predicted molar refractivity (Wildman–Crippen MR) is 58.2 cm³/mol. The summed E-state index contributed by atoms with van der Waals surface area (Å²) >= 11 is 0. The van der Waals surface area contributed by atoms with Gasteiger partial charge in [0.1, 0.15) is 0 Å². The van der Waals surface area contributed by atoms with Gasteiger partial charge in [-0.1, -0.05) is 6.42 Å². The van der Waals surface area contributed by atoms with Crippen LogP contribution in [0.2, 0.25) is 0 Å². The molecule has 14 heavy (non-hydrogen) atoms. The number of fused-ring (bicyclic) bond motifs is 2. The average molecular weight is 192 g/mol. The highest BCUT2D eigenvalue weighted by molar-refractivity contribution is 5.84. The Kier molecular flexibility index (Phi) is 2.03. The molecule has 3 fully saturated rings. The first kappa shape index (κ1) is 8.75. The molecular formula is C12H20N2. The largest absolute Gasteiger partial charge is 0.387 e. The van der Waals surface area contributed by atoms with E-state index in [0.717, 1.165) is 30.1 Å². The van der Waals surface area contributed by atoms with E-state index in [2.05, 4.69) is 4.99 Å². The Balaban J connectivity index is 1.55. The summed E-state index contributed by atoms with van der Waals surface area (Å²) < 4.78 is 0. The molecule has 0 aromatic carbocycles. The second-order valence-electron chi connectivity index (χ2n) is 5.47. The van der Waals surface area contributed by atoms with Crippen molar-refractivity contribution in [2.45, 2.75) is 38.5 Å². The first-order valence-electron chi connectivity index (χ1n) is 6.12. The van der Waals surface area contributed by atoms with E-state index in [0.29, 0.717) is 5.92 Å². The fourth-order valence-electron chi connectivity index (χ4n) is 3.33. The molecular weight excluding hydrogens is 172 g/mol. The molecule has 0 radical (unpaired) electrons. The number of aliphatic imine (C=N–C) groups is 1. The van der Waals surface area contributed by atoms with Crippen LogP contribution in [0.5, 0.6) is 0 Å². The summed E-state index contributed by atoms with van der Waals surface area (Å²) in [4.78, 5) is 4.58. The Morgan fingerprint density at radius 3 is 2.57 bits per heavy atom. The minimum Gasteiger partial charge on any atom is -0.387 e. The van der Waals surface area contributed by atoms with Crippen LogP contribution in [0.1, 0.15) is 38.5 Å². The molecule has 0 aromatic heterocycles. The monoisotopic (exact) mass is 192 g/mol. The highest BCUT2D eigenvalue weighted by atomic mass is 14.9. The SMILES string of the molecule is NC(=NCC1CC2CCC1C2)C1CC1. The molecule has 0 amide bonds. The maximum Gasteiger partial charge on any atom is 0.0968 e. The zero-order chi connectivity index (χ0) is 9.54. The van der Waals surface area contributed by atoms with Gasteiger partial charge < -0.3 is 5.73 Å². The second-order valence-corrected chi connectivity index (χ2v) is 5.47. The summed E-state index contributed by atoms with van der Waals surface area (Å²) in [5.41, 5.74) is 5.91. The van der Waals surface area contributed by atoms with E-state index in [1.807, 2.05) is 0 Å². The number of nitrogens with zero attached hydrogens (tertiary/aromatic N) is 1. The van der Waals surface area contributed by atoms with Gasteiger partial charge in [-0.15, -0.1) is 0 Å². The summed E-state index contributed by atoms with van der Waals surface area (Å²) in [6.07, 6.45) is 8.45. The Bertz CT molecular complexity index is 255. The summed E-state index contributed by atoms with van der Waals surface area (Å²) in [6.45, 7) is 1.03. The molecule has 0 aromatic rings. The van der Waals surface area contributed by atoms with Gasteiger partial charge >= 0.3 is 0 Å². The molecule has 2 N–H and O–H groups in total. The summed E-state index contributed by atoms with van der Waals surface area (Å²) in [5, 5.41) is 0. The summed E-state index contributed by atoms with van der Waals surface area (Å²) in [7, 11) is 0. The average Bonchev–Trinajstić information content (AvgIpc) is 2.85. The first-order valence-corrected chi connectivity index (χ1v) is 6.12. The second kappa shape index (κ2) is 3.25. The lowest BCUT2D eigenvalue weighted by atomic mass is 9.89. The molecule has 3 aliphatic carbocycles. The van der Waals surface area contributed by atoms with Gasteiger partial charge in [0, 0.05) is 12.5 Å². The number of hydrogen-bond acceptors (Lipinski definition) is 1. The number of nitrogens with two attached hydrogens (primary N) is 1. The first-order chi connectivity index (χ1) is 6.83. The van der Waals surface area contributed by atoms with Crippen molar-refractivity contribution in [1.29, 1.82) is 0 Å². The third kappa shape index (κ3) is 1.55. The molecule has 3 aliphatic rings. The molecule has 2 heteroatoms. The van der Waals surface area contributed by atoms with Crippen LogP contribution < -0.4 is 5.73 Å². The highest BCUT2D eigenvalue weighted by Crippen LogP contribution is 2.48. The van der Waals surface area contributed by atoms with E-state index < -0.39 is 0 Å². The highest BCUT2D eigenvalue weighted by Gasteiger charge is 2.39. The summed E-state index contributed by atoms with van der Waals surface area (Å²) in [6, 6.07) is 0. The molecule has 0 aliphatic heterocycles. The standard InChI is InChI=1S/C12H20N2/c13-12(9-3-4-9)14-7-11-6-8-1-2-10(11)5-8/h8-11H,1-7H2,(H2,13,14). The van der Waals surface area contributed by atoms with Crippen LogP contribution >= 0.6 is 0 Å². The minimum atomic E-state index is 0.661. The molecule has 0 spiro atoms. The lowest BCUT2D eigenvalue weighted by molar-refractivity contribution is 0.342. The van der Waals surface area contributed by atoms with E-state index in [1.54, 1.807) is 0 Å². The molecule has 2 bridgehead atoms. The van der Waals surface area contributed by atoms with Crippen LogP contribution in [0, 0.1) is 23.7 Å². The van der Waals surface area contributed by atoms with Crippen LogP contribution in [0.15, 0.2) is 4.99 Å². The lowest BCUT2D eigenvalue weighted by Gasteiger charge is -2.19. The smallest absolute Gasteiger partial charge is 0.0968 e. The lowest BCUT2D eigenvalue weighted by Crippen LogP contribution is -2.19. The van der Waals surface area contributed by atoms with Crippen LogP contribution in [0.3, 0.4) is 0 Å². The van der Waals surface area contributed by atoms with Crippen molar-refractivity contribution in [3.63, 3.8) is 0 Å². The minimum absolute atomic E-state index is 0.661. The van der Waals surface area contributed by atoms with Gasteiger partial charge in [-0.2, -0.15) is 0 Å². The van der Waals surface area contributed by atoms with Gasteiger partial charge in [0.25, 0.3) is 0 Å². The summed E-state index contributed by atoms with van der Waals surface area (Å²) in [5.74, 6) is 4.53. The Morgan fingerprint density at radius 1 is 1.14 bits per heavy atom. The third-order valence-electron chi connectivity index (χ3n) is 4.39. The van der Waals surface area contributed by atoms with Crippen molar-refractivity contribution in [1.82, 2.24) is 0 Å². The van der Waals surface area contributed by atoms with Crippen molar-refractivity contribution >= 4 is 5.84 Å². The zero-order valence-corrected chi connectivity index (χ0v) is 8.78. The molecule has 0 heterocycles. The van der Waals surface area contributed by atoms with E-state index in [1.165, 1.54) is 38.5 Å². The van der Waals surface area contributed by atoms with Crippen molar-refractivity contribution in [3.8, 4) is 0 Å². The molecule has 3 atom stereocenters. The van der Waals surface area contributed by atoms with E-state index in [-0.39, 0.29) is 0 Å². The van der Waals surface area contributed by atoms with Gasteiger partial charge in [-0.3, -0.25) is 4.99 Å². The van der Waals surface area contributed by atoms with Crippen molar-refractivity contribution in [3.05, 3.63) is 0 Å². The van der Waals surface area contributed by atoms with Crippen LogP contribution in [-0.4, -0.2) is 12.4 Å². The van der Waals surface area contributed by atoms with Crippen LogP contribution in [0.4, 0.5) is 0 Å². The maximum absolute atomic E-state index is 5.91. The van der Waals surface area contributed by atoms with Crippen molar-refractivity contribution < 1.29 is 0 Å². The van der Waals surface area contributed by atoms with Crippen LogP contribution in [0.25, 0.3) is 0 Å². The van der Waals surface area contributed by atoms with Crippen molar-refractivity contribution in [2.24, 2.45) is 34.4 Å². The molecule has 3 unspecified atom stereocenters. The number of hydrogen-bond donors (Lipinski definition) is 1. The fraction of sp³-hybridized carbons (Fsp3) is 0.917. The van der Waals surface area contributed by atoms with Gasteiger partial charge in [0.15, 0.2) is 0 Å². The maximum atomic E-state index is 5.91. The molecule has 0 saturated heterocycles. The predicted octanol–water partition coefficient (Wildman–Crippen LogP) is 2.19. The Morgan fingerprint density at radius 2 is 2.00 bits per heavy atom. The molecule has 2 nitrogen and oxygen atoms in total. The third-order valence-corrected chi connectivity index (χ3v) is 4.39. The quantitative estimate of drug-likeness (QED) is 0.540. The fourth-order valence-corrected chi connectivity index (χ4v) is 3.33. The number of amidine groups is 1. The van der Waals surface area contributed by atoms with Gasteiger partial charge in [-0.05, 0) is 49.9 Å². The van der Waals surface area contributed by atoms with Gasteiger partial charge in [-0.25, -0.2) is 0 Å². The van der Waals surface area contributed by atoms with Gasteiger partial charge in [0.05, 0.1) is 5.84 Å². The van der Waals surface area contributed by atoms with Gasteiger partial charge in [0.2, 0.25) is 0 Å². The van der Waals surface area contributed by atoms with E-state index in [9.17, 15) is 0 Å². The van der Waals surface area contributed by atoms with Crippen LogP contribution in [-0.2, 0) is 0 Å². The van der Waals surface area contributed by atoms with E-state index >= 15 is 0 Å². The Labute approximate surface area is 86.0 Å². The van der Waals surface area contributed by atoms with E-state index in [4.69, 9.17) is 5.73 Å².